The molecule has 0 radical (unpaired) electrons. The van der Waals surface area contributed by atoms with Crippen molar-refractivity contribution in [2.24, 2.45) is 0 Å². The van der Waals surface area contributed by atoms with E-state index < -0.39 is 0 Å². The van der Waals surface area contributed by atoms with E-state index in [2.05, 4.69) is 35.4 Å². The summed E-state index contributed by atoms with van der Waals surface area (Å²) >= 11 is 0. The fourth-order valence-corrected chi connectivity index (χ4v) is 2.13. The molecule has 0 spiro atoms. The van der Waals surface area contributed by atoms with Gasteiger partial charge in [-0.05, 0) is 30.7 Å². The Morgan fingerprint density at radius 1 is 1.21 bits per heavy atom. The largest absolute Gasteiger partial charge is 0.460 e. The van der Waals surface area contributed by atoms with E-state index >= 15 is 0 Å². The molecule has 1 atom stereocenters. The minimum Gasteiger partial charge on any atom is -0.460 e. The highest BCUT2D eigenvalue weighted by molar-refractivity contribution is 5.77. The summed E-state index contributed by atoms with van der Waals surface area (Å²) < 4.78 is 5.78. The van der Waals surface area contributed by atoms with Crippen LogP contribution in [0.4, 0.5) is 0 Å². The minimum absolute atomic E-state index is 0.252. The number of furan rings is 1. The van der Waals surface area contributed by atoms with Crippen molar-refractivity contribution >= 4 is 11.0 Å². The van der Waals surface area contributed by atoms with Gasteiger partial charge in [-0.15, -0.1) is 0 Å². The topological polar surface area (TPSA) is 38.1 Å². The Hall–Kier alpha value is -2.13. The van der Waals surface area contributed by atoms with Crippen LogP contribution in [-0.4, -0.2) is 4.98 Å². The second-order valence-corrected chi connectivity index (χ2v) is 4.64. The average Bonchev–Trinajstić information content (AvgIpc) is 2.88. The summed E-state index contributed by atoms with van der Waals surface area (Å²) in [6.45, 7) is 2.84. The summed E-state index contributed by atoms with van der Waals surface area (Å²) in [7, 11) is 0. The van der Waals surface area contributed by atoms with Crippen molar-refractivity contribution in [2.45, 2.75) is 19.5 Å². The second kappa shape index (κ2) is 5.24. The fraction of sp³-hybridized carbons (Fsp3) is 0.188. The molecular formula is C16H16N2O. The summed E-state index contributed by atoms with van der Waals surface area (Å²) in [6, 6.07) is 14.4. The molecule has 0 saturated carbocycles. The zero-order valence-corrected chi connectivity index (χ0v) is 10.8. The van der Waals surface area contributed by atoms with E-state index in [1.165, 1.54) is 5.56 Å². The van der Waals surface area contributed by atoms with Gasteiger partial charge in [0.25, 0.3) is 0 Å². The summed E-state index contributed by atoms with van der Waals surface area (Å²) in [6.07, 6.45) is 3.67. The van der Waals surface area contributed by atoms with Crippen molar-refractivity contribution < 1.29 is 4.42 Å². The second-order valence-electron chi connectivity index (χ2n) is 4.64. The van der Waals surface area contributed by atoms with E-state index in [0.717, 1.165) is 16.7 Å². The number of nitrogens with zero attached hydrogens (tertiary/aromatic N) is 1. The summed E-state index contributed by atoms with van der Waals surface area (Å²) in [4.78, 5) is 4.13. The molecule has 3 nitrogen and oxygen atoms in total. The van der Waals surface area contributed by atoms with Gasteiger partial charge in [-0.3, -0.25) is 4.98 Å². The van der Waals surface area contributed by atoms with Crippen LogP contribution in [0.3, 0.4) is 0 Å². The Morgan fingerprint density at radius 3 is 2.89 bits per heavy atom. The Kier molecular flexibility index (Phi) is 3.29. The first kappa shape index (κ1) is 11.9. The van der Waals surface area contributed by atoms with Crippen molar-refractivity contribution in [3.05, 3.63) is 66.2 Å². The number of benzene rings is 1. The van der Waals surface area contributed by atoms with Gasteiger partial charge in [0.15, 0.2) is 0 Å². The smallest absolute Gasteiger partial charge is 0.134 e. The van der Waals surface area contributed by atoms with Gasteiger partial charge >= 0.3 is 0 Å². The van der Waals surface area contributed by atoms with Gasteiger partial charge in [0.05, 0.1) is 6.54 Å². The number of nitrogens with one attached hydrogen (secondary N) is 1. The number of fused-ring (bicyclic) bond motifs is 1. The zero-order chi connectivity index (χ0) is 13.1. The zero-order valence-electron chi connectivity index (χ0n) is 10.8. The summed E-state index contributed by atoms with van der Waals surface area (Å²) in [5.74, 6) is 0.956. The number of rotatable bonds is 4. The van der Waals surface area contributed by atoms with Crippen LogP contribution < -0.4 is 5.32 Å². The van der Waals surface area contributed by atoms with Gasteiger partial charge in [-0.1, -0.05) is 24.3 Å². The van der Waals surface area contributed by atoms with E-state index in [4.69, 9.17) is 4.42 Å². The van der Waals surface area contributed by atoms with Crippen LogP contribution in [0, 0.1) is 0 Å². The fourth-order valence-electron chi connectivity index (χ4n) is 2.13. The van der Waals surface area contributed by atoms with E-state index in [1.807, 2.05) is 30.5 Å². The summed E-state index contributed by atoms with van der Waals surface area (Å²) in [5.41, 5.74) is 2.12. The highest BCUT2D eigenvalue weighted by atomic mass is 16.3. The van der Waals surface area contributed by atoms with Crippen LogP contribution in [0.15, 0.2) is 59.3 Å². The molecule has 1 N–H and O–H groups in total. The molecule has 96 valence electrons. The van der Waals surface area contributed by atoms with Crippen molar-refractivity contribution in [2.75, 3.05) is 0 Å². The monoisotopic (exact) mass is 252 g/mol. The predicted octanol–water partition coefficient (Wildman–Crippen LogP) is 3.68. The molecule has 0 fully saturated rings. The molecule has 0 amide bonds. The van der Waals surface area contributed by atoms with Crippen LogP contribution in [0.2, 0.25) is 0 Å². The molecule has 1 aromatic carbocycles. The van der Waals surface area contributed by atoms with Gasteiger partial charge in [-0.25, -0.2) is 0 Å². The van der Waals surface area contributed by atoms with E-state index in [-0.39, 0.29) is 6.04 Å². The SMILES string of the molecule is C[C@H](NCc1cc2ccccc2o1)c1cccnc1. The third-order valence-corrected chi connectivity index (χ3v) is 3.24. The molecule has 19 heavy (non-hydrogen) atoms. The molecule has 0 bridgehead atoms. The van der Waals surface area contributed by atoms with Crippen molar-refractivity contribution in [3.63, 3.8) is 0 Å². The number of aromatic nitrogens is 1. The van der Waals surface area contributed by atoms with Crippen molar-refractivity contribution in [1.82, 2.24) is 10.3 Å². The quantitative estimate of drug-likeness (QED) is 0.769. The van der Waals surface area contributed by atoms with Gasteiger partial charge < -0.3 is 9.73 Å². The number of hydrogen-bond acceptors (Lipinski definition) is 3. The lowest BCUT2D eigenvalue weighted by Gasteiger charge is -2.12. The van der Waals surface area contributed by atoms with E-state index in [0.29, 0.717) is 6.54 Å². The van der Waals surface area contributed by atoms with E-state index in [9.17, 15) is 0 Å². The maximum absolute atomic E-state index is 5.78. The van der Waals surface area contributed by atoms with Crippen molar-refractivity contribution in [1.29, 1.82) is 0 Å². The minimum atomic E-state index is 0.252. The molecule has 0 aliphatic rings. The van der Waals surface area contributed by atoms with Crippen LogP contribution in [0.5, 0.6) is 0 Å². The molecular weight excluding hydrogens is 236 g/mol. The highest BCUT2D eigenvalue weighted by Gasteiger charge is 2.07. The Balaban J connectivity index is 1.69. The standard InChI is InChI=1S/C16H16N2O/c1-12(14-6-4-8-17-10-14)18-11-15-9-13-5-2-3-7-16(13)19-15/h2-10,12,18H,11H2,1H3/t12-/m0/s1. The predicted molar refractivity (Wildman–Crippen MR) is 75.7 cm³/mol. The summed E-state index contributed by atoms with van der Waals surface area (Å²) in [5, 5.41) is 4.59. The van der Waals surface area contributed by atoms with Crippen LogP contribution in [-0.2, 0) is 6.54 Å². The Bertz CT molecular complexity index is 628. The molecule has 0 aliphatic heterocycles. The van der Waals surface area contributed by atoms with Gasteiger partial charge in [-0.2, -0.15) is 0 Å². The molecule has 0 saturated heterocycles. The first-order valence-electron chi connectivity index (χ1n) is 6.44. The first-order chi connectivity index (χ1) is 9.33. The van der Waals surface area contributed by atoms with Crippen LogP contribution in [0.25, 0.3) is 11.0 Å². The lowest BCUT2D eigenvalue weighted by Crippen LogP contribution is -2.17. The number of para-hydroxylation sites is 1. The average molecular weight is 252 g/mol. The molecule has 0 unspecified atom stereocenters. The van der Waals surface area contributed by atoms with Gasteiger partial charge in [0.1, 0.15) is 11.3 Å². The maximum Gasteiger partial charge on any atom is 0.134 e. The van der Waals surface area contributed by atoms with Crippen LogP contribution in [0.1, 0.15) is 24.3 Å². The molecule has 3 aromatic rings. The molecule has 3 rings (SSSR count). The Labute approximate surface area is 112 Å². The highest BCUT2D eigenvalue weighted by Crippen LogP contribution is 2.19. The number of pyridine rings is 1. The molecule has 2 aromatic heterocycles. The van der Waals surface area contributed by atoms with Gasteiger partial charge in [0.2, 0.25) is 0 Å². The van der Waals surface area contributed by atoms with E-state index in [1.54, 1.807) is 6.20 Å². The molecule has 2 heterocycles. The first-order valence-corrected chi connectivity index (χ1v) is 6.44. The van der Waals surface area contributed by atoms with Gasteiger partial charge in [0, 0.05) is 23.8 Å². The third-order valence-electron chi connectivity index (χ3n) is 3.24. The van der Waals surface area contributed by atoms with Crippen LogP contribution >= 0.6 is 0 Å². The molecule has 0 aliphatic carbocycles. The normalized spacial score (nSPS) is 12.7. The Morgan fingerprint density at radius 2 is 2.11 bits per heavy atom. The third kappa shape index (κ3) is 2.66. The lowest BCUT2D eigenvalue weighted by molar-refractivity contribution is 0.482. The lowest BCUT2D eigenvalue weighted by atomic mass is 10.1. The molecule has 3 heteroatoms. The maximum atomic E-state index is 5.78. The van der Waals surface area contributed by atoms with Crippen molar-refractivity contribution in [3.8, 4) is 0 Å². The number of hydrogen-bond donors (Lipinski definition) is 1.